The molecule has 0 aliphatic rings. The van der Waals surface area contributed by atoms with Crippen LogP contribution in [-0.4, -0.2) is 73.1 Å². The number of hydrogen-bond acceptors (Lipinski definition) is 9. The lowest BCUT2D eigenvalue weighted by Gasteiger charge is -2.27. The van der Waals surface area contributed by atoms with Crippen LogP contribution in [0.15, 0.2) is 0 Å². The Morgan fingerprint density at radius 2 is 1.52 bits per heavy atom. The van der Waals surface area contributed by atoms with E-state index in [0.717, 1.165) is 0 Å². The minimum atomic E-state index is -1.45. The van der Waals surface area contributed by atoms with Crippen molar-refractivity contribution in [1.82, 2.24) is 5.32 Å². The lowest BCUT2D eigenvalue weighted by molar-refractivity contribution is -0.166. The first kappa shape index (κ1) is 24.8. The number of amides is 1. The van der Waals surface area contributed by atoms with Crippen LogP contribution in [0.2, 0.25) is 0 Å². The van der Waals surface area contributed by atoms with Crippen molar-refractivity contribution < 1.29 is 43.6 Å². The molecule has 0 aliphatic carbocycles. The fourth-order valence-corrected chi connectivity index (χ4v) is 1.79. The van der Waals surface area contributed by atoms with E-state index in [9.17, 15) is 24.3 Å². The second-order valence-corrected chi connectivity index (χ2v) is 6.33. The summed E-state index contributed by atoms with van der Waals surface area (Å²) in [7, 11) is 0. The van der Waals surface area contributed by atoms with Crippen molar-refractivity contribution in [2.24, 2.45) is 11.3 Å². The Bertz CT molecular complexity index is 501. The van der Waals surface area contributed by atoms with Gasteiger partial charge < -0.3 is 29.7 Å². The van der Waals surface area contributed by atoms with E-state index in [1.54, 1.807) is 13.8 Å². The number of esters is 3. The molecule has 0 aromatic rings. The van der Waals surface area contributed by atoms with Crippen LogP contribution in [0.5, 0.6) is 0 Å². The van der Waals surface area contributed by atoms with Gasteiger partial charge in [0.2, 0.25) is 5.91 Å². The van der Waals surface area contributed by atoms with Gasteiger partial charge in [-0.15, -0.1) is 0 Å². The monoisotopic (exact) mass is 391 g/mol. The second-order valence-electron chi connectivity index (χ2n) is 6.33. The molecule has 0 radical (unpaired) electrons. The number of nitrogens with one attached hydrogen (secondary N) is 1. The molecule has 27 heavy (non-hydrogen) atoms. The number of carbonyl (C=O) groups excluding carboxylic acids is 4. The first-order chi connectivity index (χ1) is 12.6. The Labute approximate surface area is 158 Å². The van der Waals surface area contributed by atoms with Crippen LogP contribution in [0.1, 0.15) is 34.1 Å². The van der Waals surface area contributed by atoms with Gasteiger partial charge in [0.25, 0.3) is 0 Å². The zero-order valence-corrected chi connectivity index (χ0v) is 16.1. The Kier molecular flexibility index (Phi) is 11.2. The maximum Gasteiger partial charge on any atom is 0.323 e. The molecular formula is C17H29NO9. The van der Waals surface area contributed by atoms with Crippen molar-refractivity contribution in [3.05, 3.63) is 0 Å². The van der Waals surface area contributed by atoms with Gasteiger partial charge in [0, 0.05) is 12.0 Å². The van der Waals surface area contributed by atoms with Crippen molar-refractivity contribution in [3.8, 4) is 0 Å². The highest BCUT2D eigenvalue weighted by Gasteiger charge is 2.33. The Morgan fingerprint density at radius 1 is 1.00 bits per heavy atom. The van der Waals surface area contributed by atoms with E-state index in [1.165, 1.54) is 13.8 Å². The molecule has 10 nitrogen and oxygen atoms in total. The summed E-state index contributed by atoms with van der Waals surface area (Å²) in [6.45, 7) is 5.22. The summed E-state index contributed by atoms with van der Waals surface area (Å²) in [5, 5.41) is 21.3. The molecule has 0 saturated heterocycles. The predicted molar refractivity (Wildman–Crippen MR) is 92.2 cm³/mol. The number of aliphatic hydroxyl groups excluding tert-OH is 2. The molecule has 0 spiro atoms. The highest BCUT2D eigenvalue weighted by molar-refractivity contribution is 5.95. The summed E-state index contributed by atoms with van der Waals surface area (Å²) < 4.78 is 14.4. The fourth-order valence-electron chi connectivity index (χ4n) is 1.79. The highest BCUT2D eigenvalue weighted by atomic mass is 16.6. The second kappa shape index (κ2) is 12.2. The third kappa shape index (κ3) is 8.83. The summed E-state index contributed by atoms with van der Waals surface area (Å²) >= 11 is 0. The normalized spacial score (nSPS) is 12.3. The van der Waals surface area contributed by atoms with Crippen LogP contribution in [0.3, 0.4) is 0 Å². The van der Waals surface area contributed by atoms with E-state index in [1.807, 2.05) is 0 Å². The van der Waals surface area contributed by atoms with Gasteiger partial charge in [-0.2, -0.15) is 0 Å². The van der Waals surface area contributed by atoms with Crippen molar-refractivity contribution >= 4 is 23.8 Å². The Balaban J connectivity index is 4.45. The number of hydrogen-bond donors (Lipinski definition) is 3. The van der Waals surface area contributed by atoms with Gasteiger partial charge in [-0.25, -0.2) is 0 Å². The topological polar surface area (TPSA) is 148 Å². The molecule has 0 heterocycles. The van der Waals surface area contributed by atoms with E-state index in [0.29, 0.717) is 0 Å². The average Bonchev–Trinajstić information content (AvgIpc) is 2.61. The highest BCUT2D eigenvalue weighted by Crippen LogP contribution is 2.19. The smallest absolute Gasteiger partial charge is 0.323 e. The van der Waals surface area contributed by atoms with Gasteiger partial charge in [-0.1, -0.05) is 13.8 Å². The maximum absolute atomic E-state index is 11.8. The van der Waals surface area contributed by atoms with Gasteiger partial charge in [0.15, 0.2) is 5.92 Å². The summed E-state index contributed by atoms with van der Waals surface area (Å²) in [4.78, 5) is 47.0. The molecular weight excluding hydrogens is 362 g/mol. The SMILES string of the molecule is CCOC(=O)C(COC(=O)CCNC(=O)C(O)C(C)(C)CO)C(=O)OCC. The Hall–Kier alpha value is -2.20. The summed E-state index contributed by atoms with van der Waals surface area (Å²) in [5.41, 5.74) is -1.03. The van der Waals surface area contributed by atoms with E-state index in [4.69, 9.17) is 19.3 Å². The van der Waals surface area contributed by atoms with E-state index in [-0.39, 0.29) is 26.2 Å². The molecule has 3 N–H and O–H groups in total. The zero-order chi connectivity index (χ0) is 21.0. The van der Waals surface area contributed by atoms with Gasteiger partial charge in [-0.05, 0) is 13.8 Å². The van der Waals surface area contributed by atoms with Gasteiger partial charge in [0.1, 0.15) is 12.7 Å². The molecule has 0 aliphatic heterocycles. The van der Waals surface area contributed by atoms with E-state index in [2.05, 4.69) is 5.32 Å². The molecule has 0 saturated carbocycles. The molecule has 0 aromatic carbocycles. The van der Waals surface area contributed by atoms with Crippen LogP contribution in [-0.2, 0) is 33.4 Å². The largest absolute Gasteiger partial charge is 0.465 e. The average molecular weight is 391 g/mol. The first-order valence-electron chi connectivity index (χ1n) is 8.66. The summed E-state index contributed by atoms with van der Waals surface area (Å²) in [5.74, 6) is -4.59. The molecule has 156 valence electrons. The van der Waals surface area contributed by atoms with Crippen molar-refractivity contribution in [2.45, 2.75) is 40.2 Å². The fraction of sp³-hybridized carbons (Fsp3) is 0.765. The van der Waals surface area contributed by atoms with Crippen LogP contribution in [0, 0.1) is 11.3 Å². The quantitative estimate of drug-likeness (QED) is 0.220. The number of aliphatic hydroxyl groups is 2. The molecule has 1 amide bonds. The van der Waals surface area contributed by atoms with Gasteiger partial charge in [-0.3, -0.25) is 19.2 Å². The molecule has 0 bridgehead atoms. The minimum absolute atomic E-state index is 0.0568. The third-order valence-corrected chi connectivity index (χ3v) is 3.58. The van der Waals surface area contributed by atoms with Crippen molar-refractivity contribution in [2.75, 3.05) is 33.0 Å². The zero-order valence-electron chi connectivity index (χ0n) is 16.1. The molecule has 0 fully saturated rings. The lowest BCUT2D eigenvalue weighted by atomic mass is 9.87. The van der Waals surface area contributed by atoms with Gasteiger partial charge in [0.05, 0.1) is 26.2 Å². The van der Waals surface area contributed by atoms with E-state index < -0.39 is 54.5 Å². The van der Waals surface area contributed by atoms with Crippen LogP contribution < -0.4 is 5.32 Å². The maximum atomic E-state index is 11.8. The Morgan fingerprint density at radius 3 is 1.96 bits per heavy atom. The predicted octanol–water partition coefficient (Wildman–Crippen LogP) is -0.842. The van der Waals surface area contributed by atoms with Crippen LogP contribution in [0.4, 0.5) is 0 Å². The van der Waals surface area contributed by atoms with Crippen molar-refractivity contribution in [3.63, 3.8) is 0 Å². The standard InChI is InChI=1S/C17H29NO9/c1-5-25-15(23)11(16(24)26-6-2)9-27-12(20)7-8-18-14(22)13(21)17(3,4)10-19/h11,13,19,21H,5-10H2,1-4H3,(H,18,22). The molecule has 1 atom stereocenters. The minimum Gasteiger partial charge on any atom is -0.465 e. The van der Waals surface area contributed by atoms with Gasteiger partial charge >= 0.3 is 17.9 Å². The lowest BCUT2D eigenvalue weighted by Crippen LogP contribution is -2.46. The summed E-state index contributed by atoms with van der Waals surface area (Å²) in [6.07, 6.45) is -1.69. The van der Waals surface area contributed by atoms with Crippen LogP contribution in [0.25, 0.3) is 0 Å². The molecule has 1 unspecified atom stereocenters. The van der Waals surface area contributed by atoms with Crippen LogP contribution >= 0.6 is 0 Å². The molecule has 10 heteroatoms. The number of carbonyl (C=O) groups is 4. The number of ether oxygens (including phenoxy) is 3. The van der Waals surface area contributed by atoms with E-state index >= 15 is 0 Å². The first-order valence-corrected chi connectivity index (χ1v) is 8.66. The molecule has 0 rings (SSSR count). The molecule has 0 aromatic heterocycles. The summed E-state index contributed by atoms with van der Waals surface area (Å²) in [6, 6.07) is 0. The number of rotatable bonds is 12. The van der Waals surface area contributed by atoms with Crippen molar-refractivity contribution in [1.29, 1.82) is 0 Å². The third-order valence-electron chi connectivity index (χ3n) is 3.58.